The summed E-state index contributed by atoms with van der Waals surface area (Å²) >= 11 is 0. The zero-order valence-corrected chi connectivity index (χ0v) is 10.9. The second-order valence-electron chi connectivity index (χ2n) is 4.04. The summed E-state index contributed by atoms with van der Waals surface area (Å²) in [6.45, 7) is 0.310. The molecule has 1 heterocycles. The molecule has 1 aromatic heterocycles. The predicted octanol–water partition coefficient (Wildman–Crippen LogP) is 1.55. The summed E-state index contributed by atoms with van der Waals surface area (Å²) in [6, 6.07) is 6.65. The number of nitrogens with one attached hydrogen (secondary N) is 1. The van der Waals surface area contributed by atoms with E-state index in [1.807, 2.05) is 0 Å². The number of ether oxygens (including phenoxy) is 1. The molecule has 0 spiro atoms. The molecule has 20 heavy (non-hydrogen) atoms. The Morgan fingerprint density at radius 1 is 1.50 bits per heavy atom. The summed E-state index contributed by atoms with van der Waals surface area (Å²) in [5.74, 6) is 2.34. The maximum Gasteiger partial charge on any atom is 0.349 e. The van der Waals surface area contributed by atoms with Gasteiger partial charge in [-0.1, -0.05) is 12.1 Å². The molecule has 1 N–H and O–H groups in total. The number of rotatable bonds is 4. The Balaban J connectivity index is 2.41. The third kappa shape index (κ3) is 2.64. The van der Waals surface area contributed by atoms with Crippen molar-refractivity contribution in [3.63, 3.8) is 0 Å². The van der Waals surface area contributed by atoms with Crippen molar-refractivity contribution in [2.45, 2.75) is 6.42 Å². The minimum Gasteiger partial charge on any atom is -0.493 e. The Morgan fingerprint density at radius 2 is 2.30 bits per heavy atom. The largest absolute Gasteiger partial charge is 0.493 e. The molecular formula is C15H13NO4. The van der Waals surface area contributed by atoms with Crippen molar-refractivity contribution in [3.05, 3.63) is 40.2 Å². The Labute approximate surface area is 115 Å². The number of para-hydroxylation sites is 1. The third-order valence-corrected chi connectivity index (χ3v) is 2.74. The molecule has 1 aromatic carbocycles. The van der Waals surface area contributed by atoms with Gasteiger partial charge in [0.2, 0.25) is 0 Å². The van der Waals surface area contributed by atoms with Crippen molar-refractivity contribution < 1.29 is 13.9 Å². The van der Waals surface area contributed by atoms with Gasteiger partial charge in [-0.2, -0.15) is 0 Å². The first-order chi connectivity index (χ1) is 9.67. The summed E-state index contributed by atoms with van der Waals surface area (Å²) in [7, 11) is 1.48. The molecule has 0 saturated heterocycles. The van der Waals surface area contributed by atoms with Crippen LogP contribution in [0.5, 0.6) is 5.75 Å². The topological polar surface area (TPSA) is 68.5 Å². The Hall–Kier alpha value is -2.74. The summed E-state index contributed by atoms with van der Waals surface area (Å²) in [5.41, 5.74) is -0.442. The maximum absolute atomic E-state index is 11.9. The summed E-state index contributed by atoms with van der Waals surface area (Å²) < 4.78 is 10.3. The zero-order chi connectivity index (χ0) is 14.5. The van der Waals surface area contributed by atoms with Crippen molar-refractivity contribution in [1.82, 2.24) is 5.32 Å². The van der Waals surface area contributed by atoms with E-state index in [4.69, 9.17) is 15.6 Å². The number of hydrogen-bond acceptors (Lipinski definition) is 4. The van der Waals surface area contributed by atoms with Crippen molar-refractivity contribution >= 4 is 16.9 Å². The maximum atomic E-state index is 11.9. The standard InChI is InChI=1S/C15H13NO4/c1-3-4-8-16-14(17)11-9-10-6-5-7-12(19-2)13(10)20-15(11)18/h1,5-7,9H,4,8H2,2H3,(H,16,17). The summed E-state index contributed by atoms with van der Waals surface area (Å²) in [5, 5.41) is 3.18. The predicted molar refractivity (Wildman–Crippen MR) is 74.8 cm³/mol. The number of carbonyl (C=O) groups excluding carboxylic acids is 1. The molecular weight excluding hydrogens is 258 g/mol. The zero-order valence-electron chi connectivity index (χ0n) is 10.9. The molecule has 0 bridgehead atoms. The minimum absolute atomic E-state index is 0.0530. The molecule has 0 fully saturated rings. The molecule has 0 saturated carbocycles. The van der Waals surface area contributed by atoms with Gasteiger partial charge in [0, 0.05) is 18.4 Å². The van der Waals surface area contributed by atoms with Crippen LogP contribution in [0, 0.1) is 12.3 Å². The summed E-state index contributed by atoms with van der Waals surface area (Å²) in [6.07, 6.45) is 5.50. The first-order valence-electron chi connectivity index (χ1n) is 6.00. The van der Waals surface area contributed by atoms with E-state index in [-0.39, 0.29) is 5.56 Å². The molecule has 2 aromatic rings. The van der Waals surface area contributed by atoms with Crippen LogP contribution in [-0.2, 0) is 0 Å². The van der Waals surface area contributed by atoms with E-state index in [2.05, 4.69) is 11.2 Å². The molecule has 1 amide bonds. The van der Waals surface area contributed by atoms with Crippen LogP contribution in [0.25, 0.3) is 11.0 Å². The van der Waals surface area contributed by atoms with Crippen LogP contribution in [0.15, 0.2) is 33.5 Å². The number of fused-ring (bicyclic) bond motifs is 1. The van der Waals surface area contributed by atoms with Gasteiger partial charge in [0.15, 0.2) is 11.3 Å². The van der Waals surface area contributed by atoms with Gasteiger partial charge in [-0.3, -0.25) is 4.79 Å². The lowest BCUT2D eigenvalue weighted by atomic mass is 10.1. The smallest absolute Gasteiger partial charge is 0.349 e. The molecule has 0 aliphatic heterocycles. The van der Waals surface area contributed by atoms with Gasteiger partial charge in [-0.15, -0.1) is 12.3 Å². The van der Waals surface area contributed by atoms with E-state index in [1.54, 1.807) is 18.2 Å². The van der Waals surface area contributed by atoms with E-state index in [0.29, 0.717) is 29.7 Å². The van der Waals surface area contributed by atoms with Crippen molar-refractivity contribution in [2.75, 3.05) is 13.7 Å². The van der Waals surface area contributed by atoms with Crippen LogP contribution in [0.4, 0.5) is 0 Å². The van der Waals surface area contributed by atoms with Crippen LogP contribution in [0.3, 0.4) is 0 Å². The lowest BCUT2D eigenvalue weighted by molar-refractivity contribution is 0.0951. The fourth-order valence-electron chi connectivity index (χ4n) is 1.78. The van der Waals surface area contributed by atoms with Crippen molar-refractivity contribution in [1.29, 1.82) is 0 Å². The Morgan fingerprint density at radius 3 is 3.00 bits per heavy atom. The molecule has 0 aliphatic carbocycles. The molecule has 0 radical (unpaired) electrons. The monoisotopic (exact) mass is 271 g/mol. The van der Waals surface area contributed by atoms with Gasteiger partial charge in [-0.05, 0) is 12.1 Å². The molecule has 0 unspecified atom stereocenters. The average molecular weight is 271 g/mol. The minimum atomic E-state index is -0.708. The molecule has 5 heteroatoms. The fourth-order valence-corrected chi connectivity index (χ4v) is 1.78. The number of terminal acetylenes is 1. The van der Waals surface area contributed by atoms with Crippen LogP contribution >= 0.6 is 0 Å². The van der Waals surface area contributed by atoms with Gasteiger partial charge in [0.1, 0.15) is 5.56 Å². The van der Waals surface area contributed by atoms with Crippen LogP contribution in [-0.4, -0.2) is 19.6 Å². The van der Waals surface area contributed by atoms with Crippen LogP contribution in [0.2, 0.25) is 0 Å². The molecule has 0 atom stereocenters. The highest BCUT2D eigenvalue weighted by atomic mass is 16.5. The van der Waals surface area contributed by atoms with Crippen molar-refractivity contribution in [3.8, 4) is 18.1 Å². The number of amides is 1. The van der Waals surface area contributed by atoms with Crippen molar-refractivity contribution in [2.24, 2.45) is 0 Å². The average Bonchev–Trinajstić information content (AvgIpc) is 2.46. The lowest BCUT2D eigenvalue weighted by Gasteiger charge is -2.06. The number of methoxy groups -OCH3 is 1. The first-order valence-corrected chi connectivity index (χ1v) is 6.00. The van der Waals surface area contributed by atoms with Gasteiger partial charge >= 0.3 is 5.63 Å². The molecule has 2 rings (SSSR count). The van der Waals surface area contributed by atoms with E-state index in [1.165, 1.54) is 13.2 Å². The molecule has 5 nitrogen and oxygen atoms in total. The quantitative estimate of drug-likeness (QED) is 0.520. The number of benzene rings is 1. The first kappa shape index (κ1) is 13.7. The third-order valence-electron chi connectivity index (χ3n) is 2.74. The van der Waals surface area contributed by atoms with E-state index in [9.17, 15) is 9.59 Å². The SMILES string of the molecule is C#CCCNC(=O)c1cc2cccc(OC)c2oc1=O. The van der Waals surface area contributed by atoms with Gasteiger partial charge in [0.25, 0.3) is 5.91 Å². The Kier molecular flexibility index (Phi) is 4.06. The second kappa shape index (κ2) is 5.93. The molecule has 0 aliphatic rings. The van der Waals surface area contributed by atoms with Crippen LogP contribution in [0.1, 0.15) is 16.8 Å². The normalized spacial score (nSPS) is 10.0. The lowest BCUT2D eigenvalue weighted by Crippen LogP contribution is -2.28. The van der Waals surface area contributed by atoms with Gasteiger partial charge in [-0.25, -0.2) is 4.79 Å². The highest BCUT2D eigenvalue weighted by molar-refractivity contribution is 5.97. The van der Waals surface area contributed by atoms with Crippen LogP contribution < -0.4 is 15.7 Å². The van der Waals surface area contributed by atoms with E-state index in [0.717, 1.165) is 0 Å². The van der Waals surface area contributed by atoms with E-state index >= 15 is 0 Å². The highest BCUT2D eigenvalue weighted by Gasteiger charge is 2.14. The fraction of sp³-hybridized carbons (Fsp3) is 0.200. The van der Waals surface area contributed by atoms with E-state index < -0.39 is 11.5 Å². The van der Waals surface area contributed by atoms with Gasteiger partial charge in [0.05, 0.1) is 7.11 Å². The summed E-state index contributed by atoms with van der Waals surface area (Å²) in [4.78, 5) is 23.7. The number of hydrogen-bond donors (Lipinski definition) is 1. The number of carbonyl (C=O) groups is 1. The molecule has 102 valence electrons. The van der Waals surface area contributed by atoms with Gasteiger partial charge < -0.3 is 14.5 Å². The second-order valence-corrected chi connectivity index (χ2v) is 4.04. The Bertz CT molecular complexity index is 740. The highest BCUT2D eigenvalue weighted by Crippen LogP contribution is 2.24.